The van der Waals surface area contributed by atoms with Crippen molar-refractivity contribution in [2.45, 2.75) is 46.0 Å². The van der Waals surface area contributed by atoms with Crippen LogP contribution < -0.4 is 5.32 Å². The lowest BCUT2D eigenvalue weighted by Gasteiger charge is -2.04. The van der Waals surface area contributed by atoms with E-state index >= 15 is 0 Å². The first-order valence-electron chi connectivity index (χ1n) is 6.94. The van der Waals surface area contributed by atoms with E-state index in [1.165, 1.54) is 17.7 Å². The third kappa shape index (κ3) is 3.80. The van der Waals surface area contributed by atoms with Gasteiger partial charge in [-0.2, -0.15) is 0 Å². The Bertz CT molecular complexity index is 539. The van der Waals surface area contributed by atoms with E-state index < -0.39 is 0 Å². The van der Waals surface area contributed by atoms with Crippen molar-refractivity contribution in [3.8, 4) is 0 Å². The van der Waals surface area contributed by atoms with E-state index in [0.717, 1.165) is 36.0 Å². The quantitative estimate of drug-likeness (QED) is 0.583. The van der Waals surface area contributed by atoms with Crippen LogP contribution >= 0.6 is 22.9 Å². The molecule has 0 aliphatic heterocycles. The van der Waals surface area contributed by atoms with Crippen molar-refractivity contribution in [3.05, 3.63) is 16.1 Å². The van der Waals surface area contributed by atoms with Gasteiger partial charge in [0, 0.05) is 16.8 Å². The molecular weight excluding hydrogens is 278 g/mol. The number of rotatable bonds is 7. The van der Waals surface area contributed by atoms with Crippen LogP contribution in [0.25, 0.3) is 10.2 Å². The minimum Gasteiger partial charge on any atom is -0.354 e. The van der Waals surface area contributed by atoms with E-state index in [1.54, 1.807) is 11.3 Å². The summed E-state index contributed by atoms with van der Waals surface area (Å²) in [5, 5.41) is 4.79. The summed E-state index contributed by atoms with van der Waals surface area (Å²) in [7, 11) is 0. The second-order valence-electron chi connectivity index (χ2n) is 4.65. The molecule has 0 unspecified atom stereocenters. The molecule has 2 heterocycles. The van der Waals surface area contributed by atoms with Gasteiger partial charge in [-0.05, 0) is 18.9 Å². The van der Waals surface area contributed by atoms with Gasteiger partial charge < -0.3 is 5.32 Å². The van der Waals surface area contributed by atoms with Crippen LogP contribution in [-0.4, -0.2) is 16.5 Å². The van der Waals surface area contributed by atoms with Crippen LogP contribution in [0.2, 0.25) is 5.15 Å². The maximum Gasteiger partial charge on any atom is 0.225 e. The molecule has 0 amide bonds. The van der Waals surface area contributed by atoms with E-state index in [0.29, 0.717) is 11.1 Å². The third-order valence-electron chi connectivity index (χ3n) is 2.96. The van der Waals surface area contributed by atoms with Gasteiger partial charge in [0.1, 0.15) is 9.98 Å². The highest BCUT2D eigenvalue weighted by molar-refractivity contribution is 7.18. The van der Waals surface area contributed by atoms with E-state index in [4.69, 9.17) is 11.6 Å². The number of fused-ring (bicyclic) bond motifs is 1. The highest BCUT2D eigenvalue weighted by atomic mass is 35.5. The first kappa shape index (κ1) is 14.5. The molecular formula is C14H20ClN3S. The van der Waals surface area contributed by atoms with E-state index in [2.05, 4.69) is 35.2 Å². The first-order chi connectivity index (χ1) is 9.24. The second-order valence-corrected chi connectivity index (χ2v) is 6.13. The maximum atomic E-state index is 6.23. The van der Waals surface area contributed by atoms with Gasteiger partial charge in [-0.3, -0.25) is 0 Å². The number of nitrogens with zero attached hydrogens (tertiary/aromatic N) is 2. The minimum atomic E-state index is 0.557. The van der Waals surface area contributed by atoms with E-state index in [-0.39, 0.29) is 0 Å². The van der Waals surface area contributed by atoms with Gasteiger partial charge in [-0.15, -0.1) is 11.3 Å². The Labute approximate surface area is 123 Å². The maximum absolute atomic E-state index is 6.23. The molecule has 0 spiro atoms. The number of aryl methyl sites for hydroxylation is 1. The van der Waals surface area contributed by atoms with E-state index in [9.17, 15) is 0 Å². The van der Waals surface area contributed by atoms with Gasteiger partial charge >= 0.3 is 0 Å². The normalized spacial score (nSPS) is 11.1. The molecule has 3 nitrogen and oxygen atoms in total. The van der Waals surface area contributed by atoms with Gasteiger partial charge in [0.2, 0.25) is 5.95 Å². The molecule has 2 aromatic rings. The van der Waals surface area contributed by atoms with Crippen LogP contribution in [0.3, 0.4) is 0 Å². The Kier molecular flexibility index (Phi) is 5.40. The molecule has 0 aromatic carbocycles. The van der Waals surface area contributed by atoms with Gasteiger partial charge in [0.05, 0.1) is 0 Å². The van der Waals surface area contributed by atoms with Crippen LogP contribution in [0.1, 0.15) is 44.4 Å². The Morgan fingerprint density at radius 2 is 2.05 bits per heavy atom. The first-order valence-corrected chi connectivity index (χ1v) is 8.13. The zero-order valence-corrected chi connectivity index (χ0v) is 13.1. The minimum absolute atomic E-state index is 0.557. The lowest BCUT2D eigenvalue weighted by Crippen LogP contribution is -2.05. The predicted octanol–water partition coefficient (Wildman–Crippen LogP) is 4.90. The molecule has 0 saturated carbocycles. The van der Waals surface area contributed by atoms with Crippen LogP contribution in [0.4, 0.5) is 5.95 Å². The number of nitrogens with one attached hydrogen (secondary N) is 1. The molecule has 1 N–H and O–H groups in total. The number of thiophene rings is 1. The molecule has 0 radical (unpaired) electrons. The summed E-state index contributed by atoms with van der Waals surface area (Å²) in [6.07, 6.45) is 5.80. The Morgan fingerprint density at radius 3 is 2.79 bits per heavy atom. The summed E-state index contributed by atoms with van der Waals surface area (Å²) in [5.41, 5.74) is 0. The van der Waals surface area contributed by atoms with Crippen molar-refractivity contribution in [2.24, 2.45) is 0 Å². The summed E-state index contributed by atoms with van der Waals surface area (Å²) < 4.78 is 0. The number of hydrogen-bond acceptors (Lipinski definition) is 4. The zero-order chi connectivity index (χ0) is 13.7. The molecule has 104 valence electrons. The SMILES string of the molecule is CCCCCNc1nc(Cl)c2cc(CCC)sc2n1. The fourth-order valence-electron chi connectivity index (χ4n) is 1.96. The standard InChI is InChI=1S/C14H20ClN3S/c1-3-5-6-8-16-14-17-12(15)11-9-10(7-4-2)19-13(11)18-14/h9H,3-8H2,1-2H3,(H,16,17,18). The lowest BCUT2D eigenvalue weighted by molar-refractivity contribution is 0.741. The number of anilines is 1. The fraction of sp³-hybridized carbons (Fsp3) is 0.571. The van der Waals surface area contributed by atoms with Gasteiger partial charge in [0.25, 0.3) is 0 Å². The Hall–Kier alpha value is -0.870. The highest BCUT2D eigenvalue weighted by Gasteiger charge is 2.09. The molecule has 0 saturated heterocycles. The monoisotopic (exact) mass is 297 g/mol. The highest BCUT2D eigenvalue weighted by Crippen LogP contribution is 2.30. The van der Waals surface area contributed by atoms with Crippen LogP contribution in [0.15, 0.2) is 6.07 Å². The zero-order valence-electron chi connectivity index (χ0n) is 11.5. The van der Waals surface area contributed by atoms with Crippen molar-refractivity contribution >= 4 is 39.1 Å². The fourth-order valence-corrected chi connectivity index (χ4v) is 3.37. The lowest BCUT2D eigenvalue weighted by atomic mass is 10.2. The number of halogens is 1. The molecule has 0 aliphatic rings. The largest absolute Gasteiger partial charge is 0.354 e. The van der Waals surface area contributed by atoms with E-state index in [1.807, 2.05) is 0 Å². The molecule has 19 heavy (non-hydrogen) atoms. The van der Waals surface area contributed by atoms with Crippen molar-refractivity contribution in [1.82, 2.24) is 9.97 Å². The molecule has 0 bridgehead atoms. The summed E-state index contributed by atoms with van der Waals surface area (Å²) in [6, 6.07) is 2.12. The summed E-state index contributed by atoms with van der Waals surface area (Å²) >= 11 is 7.95. The third-order valence-corrected chi connectivity index (χ3v) is 4.33. The van der Waals surface area contributed by atoms with Crippen LogP contribution in [0.5, 0.6) is 0 Å². The summed E-state index contributed by atoms with van der Waals surface area (Å²) in [4.78, 5) is 11.2. The number of hydrogen-bond donors (Lipinski definition) is 1. The topological polar surface area (TPSA) is 37.8 Å². The Morgan fingerprint density at radius 1 is 1.21 bits per heavy atom. The second kappa shape index (κ2) is 7.06. The van der Waals surface area contributed by atoms with Crippen LogP contribution in [-0.2, 0) is 6.42 Å². The molecule has 2 aromatic heterocycles. The van der Waals surface area contributed by atoms with Crippen molar-refractivity contribution in [1.29, 1.82) is 0 Å². The van der Waals surface area contributed by atoms with Crippen LogP contribution in [0, 0.1) is 0 Å². The molecule has 2 rings (SSSR count). The van der Waals surface area contributed by atoms with Gasteiger partial charge in [0.15, 0.2) is 0 Å². The summed E-state index contributed by atoms with van der Waals surface area (Å²) in [5.74, 6) is 0.651. The number of aromatic nitrogens is 2. The molecule has 0 fully saturated rings. The average Bonchev–Trinajstić information content (AvgIpc) is 2.78. The predicted molar refractivity (Wildman–Crippen MR) is 84.4 cm³/mol. The van der Waals surface area contributed by atoms with Crippen molar-refractivity contribution in [2.75, 3.05) is 11.9 Å². The van der Waals surface area contributed by atoms with Gasteiger partial charge in [-0.1, -0.05) is 44.7 Å². The molecule has 0 atom stereocenters. The summed E-state index contributed by atoms with van der Waals surface area (Å²) in [6.45, 7) is 5.28. The van der Waals surface area contributed by atoms with Crippen molar-refractivity contribution < 1.29 is 0 Å². The Balaban J connectivity index is 2.13. The molecule has 0 aliphatic carbocycles. The molecule has 5 heteroatoms. The average molecular weight is 298 g/mol. The number of unbranched alkanes of at least 4 members (excludes halogenated alkanes) is 2. The van der Waals surface area contributed by atoms with Gasteiger partial charge in [-0.25, -0.2) is 9.97 Å². The smallest absolute Gasteiger partial charge is 0.225 e. The van der Waals surface area contributed by atoms with Crippen molar-refractivity contribution in [3.63, 3.8) is 0 Å².